The molecular formula is C19H17F2NO4. The van der Waals surface area contributed by atoms with E-state index in [0.29, 0.717) is 6.54 Å². The molecule has 0 aromatic heterocycles. The van der Waals surface area contributed by atoms with Gasteiger partial charge in [0.05, 0.1) is 0 Å². The van der Waals surface area contributed by atoms with Crippen LogP contribution in [-0.4, -0.2) is 31.1 Å². The lowest BCUT2D eigenvalue weighted by molar-refractivity contribution is -0.126. The van der Waals surface area contributed by atoms with E-state index in [1.54, 1.807) is 4.90 Å². The molecule has 7 heteroatoms. The molecule has 1 aliphatic heterocycles. The molecule has 0 aliphatic carbocycles. The van der Waals surface area contributed by atoms with Gasteiger partial charge in [0.1, 0.15) is 11.3 Å². The lowest BCUT2D eigenvalue weighted by Crippen LogP contribution is -2.39. The molecule has 136 valence electrons. The summed E-state index contributed by atoms with van der Waals surface area (Å²) in [6.07, 6.45) is -0.332. The number of halogens is 2. The summed E-state index contributed by atoms with van der Waals surface area (Å²) in [5.41, 5.74) is 1.69. The highest BCUT2D eigenvalue weighted by Gasteiger charge is 2.30. The van der Waals surface area contributed by atoms with Crippen molar-refractivity contribution in [2.45, 2.75) is 26.1 Å². The molecule has 0 bridgehead atoms. The van der Waals surface area contributed by atoms with Gasteiger partial charge in [-0.1, -0.05) is 30.3 Å². The predicted molar refractivity (Wildman–Crippen MR) is 90.5 cm³/mol. The van der Waals surface area contributed by atoms with Crippen LogP contribution >= 0.6 is 0 Å². The summed E-state index contributed by atoms with van der Waals surface area (Å²) in [5, 5.41) is 0. The monoisotopic (exact) mass is 361 g/mol. The first-order chi connectivity index (χ1) is 12.5. The number of anilines is 1. The smallest absolute Gasteiger partial charge is 0.387 e. The fraction of sp³-hybridized carbons (Fsp3) is 0.263. The Bertz CT molecular complexity index is 825. The van der Waals surface area contributed by atoms with Crippen LogP contribution < -0.4 is 9.64 Å². The Morgan fingerprint density at radius 2 is 1.77 bits per heavy atom. The van der Waals surface area contributed by atoms with Crippen molar-refractivity contribution < 1.29 is 27.8 Å². The average Bonchev–Trinajstić information content (AvgIpc) is 3.05. The van der Waals surface area contributed by atoms with E-state index in [0.717, 1.165) is 17.7 Å². The molecule has 1 heterocycles. The van der Waals surface area contributed by atoms with Crippen LogP contribution in [0.15, 0.2) is 48.5 Å². The van der Waals surface area contributed by atoms with Crippen LogP contribution in [-0.2, 0) is 16.0 Å². The minimum atomic E-state index is -3.07. The maximum absolute atomic E-state index is 12.6. The van der Waals surface area contributed by atoms with Gasteiger partial charge in [0.25, 0.3) is 5.91 Å². The lowest BCUT2D eigenvalue weighted by Gasteiger charge is -2.22. The molecule has 0 spiro atoms. The molecule has 0 N–H and O–H groups in total. The van der Waals surface area contributed by atoms with Crippen molar-refractivity contribution in [2.24, 2.45) is 0 Å². The number of hydrogen-bond acceptors (Lipinski definition) is 4. The van der Waals surface area contributed by atoms with Gasteiger partial charge >= 0.3 is 12.6 Å². The molecule has 2 aromatic carbocycles. The third-order valence-electron chi connectivity index (χ3n) is 4.11. The molecule has 1 aliphatic rings. The molecule has 5 nitrogen and oxygen atoms in total. The van der Waals surface area contributed by atoms with E-state index in [-0.39, 0.29) is 17.2 Å². The molecule has 1 amide bonds. The molecule has 0 saturated heterocycles. The van der Waals surface area contributed by atoms with E-state index in [2.05, 4.69) is 4.74 Å². The van der Waals surface area contributed by atoms with Crippen molar-refractivity contribution in [3.8, 4) is 5.75 Å². The number of rotatable bonds is 5. The molecule has 26 heavy (non-hydrogen) atoms. The summed E-state index contributed by atoms with van der Waals surface area (Å²) in [5.74, 6) is -1.55. The molecule has 0 unspecified atom stereocenters. The minimum absolute atomic E-state index is 0.158. The first kappa shape index (κ1) is 17.8. The predicted octanol–water partition coefficient (Wildman–Crippen LogP) is 3.42. The number of ether oxygens (including phenoxy) is 2. The van der Waals surface area contributed by atoms with Crippen LogP contribution in [0.5, 0.6) is 5.75 Å². The standard InChI is InChI=1S/C19H17F2NO4/c1-12(17(23)22-11-10-13-6-2-4-8-15(13)22)25-18(24)14-7-3-5-9-16(14)26-19(20)21/h2-9,12,19H,10-11H2,1H3/t12-/m1/s1. The quantitative estimate of drug-likeness (QED) is 0.766. The lowest BCUT2D eigenvalue weighted by atomic mass is 10.2. The fourth-order valence-corrected chi connectivity index (χ4v) is 2.90. The van der Waals surface area contributed by atoms with E-state index < -0.39 is 18.7 Å². The molecule has 0 radical (unpaired) electrons. The largest absolute Gasteiger partial charge is 0.449 e. The van der Waals surface area contributed by atoms with Crippen molar-refractivity contribution in [3.05, 3.63) is 59.7 Å². The number of amides is 1. The Hall–Kier alpha value is -2.96. The number of para-hydroxylation sites is 2. The Labute approximate surface area is 149 Å². The highest BCUT2D eigenvalue weighted by Crippen LogP contribution is 2.28. The van der Waals surface area contributed by atoms with Crippen LogP contribution in [0.1, 0.15) is 22.8 Å². The zero-order valence-electron chi connectivity index (χ0n) is 14.0. The van der Waals surface area contributed by atoms with Gasteiger partial charge in [0.2, 0.25) is 0 Å². The van der Waals surface area contributed by atoms with Gasteiger partial charge in [-0.25, -0.2) is 4.79 Å². The van der Waals surface area contributed by atoms with Gasteiger partial charge < -0.3 is 14.4 Å². The Morgan fingerprint density at radius 1 is 1.08 bits per heavy atom. The van der Waals surface area contributed by atoms with Crippen LogP contribution in [0.2, 0.25) is 0 Å². The van der Waals surface area contributed by atoms with Crippen LogP contribution in [0, 0.1) is 0 Å². The molecule has 3 rings (SSSR count). The van der Waals surface area contributed by atoms with Gasteiger partial charge in [0, 0.05) is 12.2 Å². The van der Waals surface area contributed by atoms with E-state index in [4.69, 9.17) is 4.74 Å². The van der Waals surface area contributed by atoms with E-state index in [1.165, 1.54) is 31.2 Å². The third-order valence-corrected chi connectivity index (χ3v) is 4.11. The van der Waals surface area contributed by atoms with Gasteiger partial charge in [0.15, 0.2) is 6.10 Å². The summed E-state index contributed by atoms with van der Waals surface area (Å²) in [4.78, 5) is 26.5. The highest BCUT2D eigenvalue weighted by molar-refractivity contribution is 6.00. The van der Waals surface area contributed by atoms with Gasteiger partial charge in [-0.2, -0.15) is 8.78 Å². The van der Waals surface area contributed by atoms with E-state index in [1.807, 2.05) is 24.3 Å². The number of carbonyl (C=O) groups is 2. The second-order valence-corrected chi connectivity index (χ2v) is 5.79. The Kier molecular flexibility index (Phi) is 5.16. The van der Waals surface area contributed by atoms with Crippen molar-refractivity contribution in [2.75, 3.05) is 11.4 Å². The maximum atomic E-state index is 12.6. The average molecular weight is 361 g/mol. The summed E-state index contributed by atoms with van der Waals surface area (Å²) in [7, 11) is 0. The summed E-state index contributed by atoms with van der Waals surface area (Å²) in [6, 6.07) is 13.0. The summed E-state index contributed by atoms with van der Waals surface area (Å²) in [6.45, 7) is -1.10. The van der Waals surface area contributed by atoms with Crippen LogP contribution in [0.3, 0.4) is 0 Å². The molecule has 1 atom stereocenters. The van der Waals surface area contributed by atoms with E-state index in [9.17, 15) is 18.4 Å². The van der Waals surface area contributed by atoms with Crippen molar-refractivity contribution in [1.82, 2.24) is 0 Å². The number of carbonyl (C=O) groups excluding carboxylic acids is 2. The zero-order valence-corrected chi connectivity index (χ0v) is 14.0. The third kappa shape index (κ3) is 3.66. The number of hydrogen-bond donors (Lipinski definition) is 0. The summed E-state index contributed by atoms with van der Waals surface area (Å²) < 4.78 is 34.4. The molecule has 0 fully saturated rings. The second kappa shape index (κ2) is 7.51. The van der Waals surface area contributed by atoms with Gasteiger partial charge in [-0.15, -0.1) is 0 Å². The Morgan fingerprint density at radius 3 is 2.54 bits per heavy atom. The first-order valence-corrected chi connectivity index (χ1v) is 8.11. The van der Waals surface area contributed by atoms with E-state index >= 15 is 0 Å². The highest BCUT2D eigenvalue weighted by atomic mass is 19.3. The van der Waals surface area contributed by atoms with Crippen LogP contribution in [0.25, 0.3) is 0 Å². The number of benzene rings is 2. The van der Waals surface area contributed by atoms with Crippen molar-refractivity contribution in [1.29, 1.82) is 0 Å². The van der Waals surface area contributed by atoms with Crippen molar-refractivity contribution >= 4 is 17.6 Å². The van der Waals surface area contributed by atoms with Gasteiger partial charge in [-0.05, 0) is 37.1 Å². The number of esters is 1. The number of fused-ring (bicyclic) bond motifs is 1. The fourth-order valence-electron chi connectivity index (χ4n) is 2.90. The summed E-state index contributed by atoms with van der Waals surface area (Å²) >= 11 is 0. The Balaban J connectivity index is 1.71. The molecule has 2 aromatic rings. The SMILES string of the molecule is C[C@@H](OC(=O)c1ccccc1OC(F)F)C(=O)N1CCc2ccccc21. The molecular weight excluding hydrogens is 344 g/mol. The maximum Gasteiger partial charge on any atom is 0.387 e. The van der Waals surface area contributed by atoms with Crippen LogP contribution in [0.4, 0.5) is 14.5 Å². The normalized spacial score (nSPS) is 14.1. The number of alkyl halides is 2. The zero-order chi connectivity index (χ0) is 18.7. The number of nitrogens with zero attached hydrogens (tertiary/aromatic N) is 1. The minimum Gasteiger partial charge on any atom is -0.449 e. The second-order valence-electron chi connectivity index (χ2n) is 5.79. The van der Waals surface area contributed by atoms with Crippen molar-refractivity contribution in [3.63, 3.8) is 0 Å². The molecule has 0 saturated carbocycles. The topological polar surface area (TPSA) is 55.8 Å². The van der Waals surface area contributed by atoms with Gasteiger partial charge in [-0.3, -0.25) is 4.79 Å². The first-order valence-electron chi connectivity index (χ1n) is 8.11.